The lowest BCUT2D eigenvalue weighted by Crippen LogP contribution is -2.17. The molecule has 1 N–H and O–H groups in total. The summed E-state index contributed by atoms with van der Waals surface area (Å²) in [5, 5.41) is 18.9. The van der Waals surface area contributed by atoms with Crippen molar-refractivity contribution >= 4 is 11.7 Å². The molecule has 1 rings (SSSR count). The average molecular weight is 286 g/mol. The van der Waals surface area contributed by atoms with Crippen LogP contribution in [0.3, 0.4) is 0 Å². The number of aromatic nitrogens is 1. The van der Waals surface area contributed by atoms with E-state index in [2.05, 4.69) is 4.98 Å². The summed E-state index contributed by atoms with van der Waals surface area (Å²) < 4.78 is 62.5. The molecule has 0 aliphatic carbocycles. The molecular weight excluding hydrogens is 283 g/mol. The lowest BCUT2D eigenvalue weighted by atomic mass is 10.1. The van der Waals surface area contributed by atoms with Crippen molar-refractivity contribution in [2.24, 2.45) is 0 Å². The highest BCUT2D eigenvalue weighted by Gasteiger charge is 2.44. The Morgan fingerprint density at radius 3 is 2.26 bits per heavy atom. The van der Waals surface area contributed by atoms with E-state index >= 15 is 0 Å². The number of hydrogen-bond acceptors (Lipinski definition) is 4. The summed E-state index contributed by atoms with van der Waals surface area (Å²) in [4.78, 5) is 22.0. The van der Waals surface area contributed by atoms with Gasteiger partial charge in [0.1, 0.15) is 5.69 Å². The normalized spacial score (nSPS) is 11.7. The van der Waals surface area contributed by atoms with Crippen LogP contribution in [0.4, 0.5) is 27.6 Å². The predicted molar refractivity (Wildman–Crippen MR) is 47.8 cm³/mol. The number of nitrogens with zero attached hydrogens (tertiary/aromatic N) is 2. The van der Waals surface area contributed by atoms with E-state index in [1.165, 1.54) is 0 Å². The van der Waals surface area contributed by atoms with Crippen molar-refractivity contribution in [3.63, 3.8) is 0 Å². The predicted octanol–water partition coefficient (Wildman–Crippen LogP) is 2.64. The van der Waals surface area contributed by atoms with Crippen molar-refractivity contribution in [2.45, 2.75) is 12.6 Å². The maximum absolute atomic E-state index is 12.5. The average Bonchev–Trinajstić information content (AvgIpc) is 2.25. The number of carboxylic acids is 1. The van der Waals surface area contributed by atoms with E-state index in [0.717, 1.165) is 0 Å². The van der Waals surface area contributed by atoms with Crippen LogP contribution in [-0.2, 0) is 6.18 Å². The van der Waals surface area contributed by atoms with Gasteiger partial charge < -0.3 is 5.11 Å². The molecule has 11 heteroatoms. The quantitative estimate of drug-likeness (QED) is 0.523. The van der Waals surface area contributed by atoms with Crippen LogP contribution in [0.2, 0.25) is 0 Å². The standard InChI is InChI=1S/C8H3F5N2O4/c9-6(10)5-4(8(11,12)13)3(15(18)19)1-2(14-5)7(16)17/h1,6H,(H,16,17). The zero-order valence-electron chi connectivity index (χ0n) is 8.61. The first-order chi connectivity index (χ1) is 8.55. The molecule has 0 spiro atoms. The highest BCUT2D eigenvalue weighted by molar-refractivity contribution is 5.86. The third-order valence-corrected chi connectivity index (χ3v) is 1.93. The Kier molecular flexibility index (Phi) is 3.68. The summed E-state index contributed by atoms with van der Waals surface area (Å²) in [7, 11) is 0. The highest BCUT2D eigenvalue weighted by atomic mass is 19.4. The van der Waals surface area contributed by atoms with E-state index in [4.69, 9.17) is 5.11 Å². The Hall–Kier alpha value is -2.33. The molecule has 0 saturated carbocycles. The molecule has 1 aromatic heterocycles. The summed E-state index contributed by atoms with van der Waals surface area (Å²) in [5.41, 5.74) is -7.29. The van der Waals surface area contributed by atoms with Gasteiger partial charge in [0.05, 0.1) is 4.92 Å². The zero-order valence-corrected chi connectivity index (χ0v) is 8.61. The largest absolute Gasteiger partial charge is 0.477 e. The Morgan fingerprint density at radius 1 is 1.42 bits per heavy atom. The molecule has 6 nitrogen and oxygen atoms in total. The monoisotopic (exact) mass is 286 g/mol. The van der Waals surface area contributed by atoms with E-state index < -0.39 is 46.1 Å². The molecule has 0 aliphatic rings. The molecule has 0 radical (unpaired) electrons. The summed E-state index contributed by atoms with van der Waals surface area (Å²) in [6.07, 6.45) is -9.27. The summed E-state index contributed by atoms with van der Waals surface area (Å²) >= 11 is 0. The van der Waals surface area contributed by atoms with Crippen molar-refractivity contribution < 1.29 is 36.8 Å². The molecule has 0 aromatic carbocycles. The minimum atomic E-state index is -5.46. The fourth-order valence-electron chi connectivity index (χ4n) is 1.25. The van der Waals surface area contributed by atoms with Gasteiger partial charge in [-0.2, -0.15) is 13.2 Å². The van der Waals surface area contributed by atoms with Gasteiger partial charge in [-0.15, -0.1) is 0 Å². The van der Waals surface area contributed by atoms with Gasteiger partial charge in [0.15, 0.2) is 11.3 Å². The lowest BCUT2D eigenvalue weighted by Gasteiger charge is -2.12. The van der Waals surface area contributed by atoms with Gasteiger partial charge in [0.2, 0.25) is 0 Å². The number of carboxylic acid groups (broad SMARTS) is 1. The van der Waals surface area contributed by atoms with Crippen molar-refractivity contribution in [3.8, 4) is 0 Å². The molecule has 0 saturated heterocycles. The highest BCUT2D eigenvalue weighted by Crippen LogP contribution is 2.41. The summed E-state index contributed by atoms with van der Waals surface area (Å²) in [6.45, 7) is 0. The van der Waals surface area contributed by atoms with Gasteiger partial charge in [-0.1, -0.05) is 0 Å². The van der Waals surface area contributed by atoms with Gasteiger partial charge in [-0.25, -0.2) is 18.6 Å². The molecule has 0 bridgehead atoms. The van der Waals surface area contributed by atoms with Crippen LogP contribution in [0.5, 0.6) is 0 Å². The third-order valence-electron chi connectivity index (χ3n) is 1.93. The second kappa shape index (κ2) is 4.74. The van der Waals surface area contributed by atoms with Gasteiger partial charge in [0, 0.05) is 6.07 Å². The Labute approximate surface area is 100 Å². The summed E-state index contributed by atoms with van der Waals surface area (Å²) in [5.74, 6) is -1.96. The topological polar surface area (TPSA) is 93.3 Å². The maximum Gasteiger partial charge on any atom is 0.425 e. The maximum atomic E-state index is 12.5. The van der Waals surface area contributed by atoms with E-state index in [1.807, 2.05) is 0 Å². The molecule has 0 fully saturated rings. The first kappa shape index (κ1) is 14.7. The van der Waals surface area contributed by atoms with E-state index in [-0.39, 0.29) is 6.07 Å². The molecule has 1 heterocycles. The van der Waals surface area contributed by atoms with Crippen molar-refractivity contribution in [3.05, 3.63) is 33.1 Å². The number of hydrogen-bond donors (Lipinski definition) is 1. The van der Waals surface area contributed by atoms with Crippen LogP contribution in [0.25, 0.3) is 0 Å². The van der Waals surface area contributed by atoms with E-state index in [1.54, 1.807) is 0 Å². The molecule has 0 unspecified atom stereocenters. The number of nitro groups is 1. The van der Waals surface area contributed by atoms with Gasteiger partial charge in [-0.05, 0) is 0 Å². The van der Waals surface area contributed by atoms with Crippen molar-refractivity contribution in [1.29, 1.82) is 0 Å². The van der Waals surface area contributed by atoms with Crippen LogP contribution >= 0.6 is 0 Å². The Morgan fingerprint density at radius 2 is 1.95 bits per heavy atom. The molecular formula is C8H3F5N2O4. The fourth-order valence-corrected chi connectivity index (χ4v) is 1.25. The van der Waals surface area contributed by atoms with E-state index in [9.17, 15) is 36.9 Å². The number of carbonyl (C=O) groups is 1. The van der Waals surface area contributed by atoms with Crippen LogP contribution in [0, 0.1) is 10.1 Å². The van der Waals surface area contributed by atoms with Crippen molar-refractivity contribution in [2.75, 3.05) is 0 Å². The van der Waals surface area contributed by atoms with Crippen LogP contribution < -0.4 is 0 Å². The molecule has 1 aromatic rings. The minimum absolute atomic E-state index is 0.0168. The van der Waals surface area contributed by atoms with Crippen LogP contribution in [-0.4, -0.2) is 21.0 Å². The van der Waals surface area contributed by atoms with Crippen LogP contribution in [0.1, 0.15) is 28.2 Å². The smallest absolute Gasteiger partial charge is 0.425 e. The fraction of sp³-hybridized carbons (Fsp3) is 0.250. The second-order valence-electron chi connectivity index (χ2n) is 3.15. The first-order valence-electron chi connectivity index (χ1n) is 4.33. The lowest BCUT2D eigenvalue weighted by molar-refractivity contribution is -0.388. The van der Waals surface area contributed by atoms with Gasteiger partial charge in [-0.3, -0.25) is 10.1 Å². The first-order valence-corrected chi connectivity index (χ1v) is 4.33. The van der Waals surface area contributed by atoms with Gasteiger partial charge in [0.25, 0.3) is 12.1 Å². The number of halogens is 5. The van der Waals surface area contributed by atoms with Crippen molar-refractivity contribution in [1.82, 2.24) is 4.98 Å². The summed E-state index contributed by atoms with van der Waals surface area (Å²) in [6, 6.07) is -0.0168. The molecule has 0 amide bonds. The van der Waals surface area contributed by atoms with E-state index in [0.29, 0.717) is 0 Å². The molecule has 0 atom stereocenters. The number of rotatable bonds is 3. The SMILES string of the molecule is O=C(O)c1cc([N+](=O)[O-])c(C(F)(F)F)c(C(F)F)n1. The third kappa shape index (κ3) is 2.92. The number of alkyl halides is 5. The molecule has 19 heavy (non-hydrogen) atoms. The van der Waals surface area contributed by atoms with Crippen LogP contribution in [0.15, 0.2) is 6.07 Å². The Balaban J connectivity index is 3.76. The van der Waals surface area contributed by atoms with Gasteiger partial charge >= 0.3 is 12.1 Å². The Bertz CT molecular complexity index is 543. The molecule has 0 aliphatic heterocycles. The number of pyridine rings is 1. The molecule has 104 valence electrons. The minimum Gasteiger partial charge on any atom is -0.477 e. The number of aromatic carboxylic acids is 1. The zero-order chi connectivity index (χ0) is 15.0. The second-order valence-corrected chi connectivity index (χ2v) is 3.15.